The van der Waals surface area contributed by atoms with Gasteiger partial charge in [0.25, 0.3) is 0 Å². The molecule has 1 aliphatic rings. The maximum absolute atomic E-state index is 11.8. The molecule has 0 radical (unpaired) electrons. The molecule has 0 saturated heterocycles. The molecule has 0 aliphatic heterocycles. The average Bonchev–Trinajstić information content (AvgIpc) is 2.54. The Hall–Kier alpha value is -0.700. The van der Waals surface area contributed by atoms with Crippen molar-refractivity contribution in [2.24, 2.45) is 5.92 Å². The summed E-state index contributed by atoms with van der Waals surface area (Å²) in [6, 6.07) is 0. The Morgan fingerprint density at radius 2 is 1.73 bits per heavy atom. The van der Waals surface area contributed by atoms with Crippen molar-refractivity contribution in [3.8, 4) is 11.2 Å². The molecule has 1 saturated carbocycles. The second-order valence-electron chi connectivity index (χ2n) is 3.58. The molecular weight excluding hydrogens is 229 g/mol. The number of hydrogen-bond donors (Lipinski definition) is 0. The Morgan fingerprint density at radius 3 is 2.20 bits per heavy atom. The lowest BCUT2D eigenvalue weighted by Crippen LogP contribution is -2.20. The summed E-state index contributed by atoms with van der Waals surface area (Å²) in [5, 5.41) is 1.32. The van der Waals surface area contributed by atoms with Crippen LogP contribution in [0.25, 0.3) is 0 Å². The van der Waals surface area contributed by atoms with Gasteiger partial charge >= 0.3 is 15.3 Å². The van der Waals surface area contributed by atoms with Gasteiger partial charge in [0.15, 0.2) is 0 Å². The lowest BCUT2D eigenvalue weighted by atomic mass is 10.1. The Bertz CT molecular complexity index is 366. The third kappa shape index (κ3) is 3.42. The highest BCUT2D eigenvalue weighted by molar-refractivity contribution is 7.96. The normalized spacial score (nSPS) is 18.6. The SMILES string of the molecule is O=S(=O)(C#CCC1CCCC1)C(F)(F)F. The fourth-order valence-corrected chi connectivity index (χ4v) is 1.94. The second kappa shape index (κ2) is 4.44. The van der Waals surface area contributed by atoms with Crippen molar-refractivity contribution in [1.29, 1.82) is 0 Å². The van der Waals surface area contributed by atoms with Gasteiger partial charge in [-0.25, -0.2) is 8.42 Å². The molecule has 0 bridgehead atoms. The van der Waals surface area contributed by atoms with Crippen LogP contribution in [0.3, 0.4) is 0 Å². The van der Waals surface area contributed by atoms with Gasteiger partial charge in [0.2, 0.25) is 0 Å². The third-order valence-electron chi connectivity index (χ3n) is 2.38. The van der Waals surface area contributed by atoms with Gasteiger partial charge in [0, 0.05) is 11.7 Å². The second-order valence-corrected chi connectivity index (χ2v) is 5.26. The lowest BCUT2D eigenvalue weighted by molar-refractivity contribution is -0.0420. The van der Waals surface area contributed by atoms with Crippen molar-refractivity contribution >= 4 is 9.84 Å². The minimum Gasteiger partial charge on any atom is -0.206 e. The molecule has 0 unspecified atom stereocenters. The van der Waals surface area contributed by atoms with Crippen LogP contribution < -0.4 is 0 Å². The van der Waals surface area contributed by atoms with Crippen molar-refractivity contribution in [3.05, 3.63) is 0 Å². The molecule has 0 spiro atoms. The van der Waals surface area contributed by atoms with E-state index in [0.717, 1.165) is 25.7 Å². The van der Waals surface area contributed by atoms with E-state index < -0.39 is 15.3 Å². The summed E-state index contributed by atoms with van der Waals surface area (Å²) < 4.78 is 56.6. The van der Waals surface area contributed by atoms with Gasteiger partial charge in [-0.3, -0.25) is 0 Å². The van der Waals surface area contributed by atoms with E-state index in [1.165, 1.54) is 5.25 Å². The fraction of sp³-hybridized carbons (Fsp3) is 0.778. The highest BCUT2D eigenvalue weighted by Gasteiger charge is 2.44. The minimum atomic E-state index is -5.25. The van der Waals surface area contributed by atoms with Crippen LogP contribution >= 0.6 is 0 Å². The van der Waals surface area contributed by atoms with Gasteiger partial charge in [-0.1, -0.05) is 18.8 Å². The fourth-order valence-electron chi connectivity index (χ4n) is 1.55. The molecule has 0 aromatic heterocycles. The van der Waals surface area contributed by atoms with Gasteiger partial charge in [-0.2, -0.15) is 13.2 Å². The number of rotatable bonds is 1. The van der Waals surface area contributed by atoms with E-state index >= 15 is 0 Å². The van der Waals surface area contributed by atoms with E-state index in [-0.39, 0.29) is 12.3 Å². The summed E-state index contributed by atoms with van der Waals surface area (Å²) in [4.78, 5) is 0. The predicted molar refractivity (Wildman–Crippen MR) is 49.3 cm³/mol. The van der Waals surface area contributed by atoms with Gasteiger partial charge < -0.3 is 0 Å². The Kier molecular flexibility index (Phi) is 3.66. The summed E-state index contributed by atoms with van der Waals surface area (Å²) in [5.41, 5.74) is -5.25. The largest absolute Gasteiger partial charge is 0.509 e. The molecule has 0 amide bonds. The van der Waals surface area contributed by atoms with Crippen LogP contribution in [0.1, 0.15) is 32.1 Å². The highest BCUT2D eigenvalue weighted by Crippen LogP contribution is 2.27. The van der Waals surface area contributed by atoms with Crippen LogP contribution in [0.15, 0.2) is 0 Å². The van der Waals surface area contributed by atoms with E-state index in [9.17, 15) is 21.6 Å². The van der Waals surface area contributed by atoms with Gasteiger partial charge in [-0.15, -0.1) is 0 Å². The molecule has 0 aromatic carbocycles. The molecule has 15 heavy (non-hydrogen) atoms. The summed E-state index contributed by atoms with van der Waals surface area (Å²) in [6.45, 7) is 0. The number of halogens is 3. The van der Waals surface area contributed by atoms with Crippen LogP contribution in [0.5, 0.6) is 0 Å². The third-order valence-corrected chi connectivity index (χ3v) is 3.40. The summed E-state index contributed by atoms with van der Waals surface area (Å²) >= 11 is 0. The first-order valence-electron chi connectivity index (χ1n) is 4.64. The van der Waals surface area contributed by atoms with E-state index in [4.69, 9.17) is 0 Å². The molecule has 2 nitrogen and oxygen atoms in total. The molecule has 1 rings (SSSR count). The van der Waals surface area contributed by atoms with Crippen molar-refractivity contribution in [3.63, 3.8) is 0 Å². The zero-order chi connectivity index (χ0) is 11.5. The van der Waals surface area contributed by atoms with Gasteiger partial charge in [0.05, 0.1) is 0 Å². The predicted octanol–water partition coefficient (Wildman–Crippen LogP) is 2.46. The molecule has 1 aliphatic carbocycles. The maximum Gasteiger partial charge on any atom is 0.509 e. The lowest BCUT2D eigenvalue weighted by Gasteiger charge is -2.02. The number of alkyl halides is 3. The van der Waals surface area contributed by atoms with E-state index in [1.807, 2.05) is 0 Å². The summed E-state index contributed by atoms with van der Waals surface area (Å²) in [5.74, 6) is 2.38. The molecule has 86 valence electrons. The Balaban J connectivity index is 2.57. The van der Waals surface area contributed by atoms with E-state index in [2.05, 4.69) is 5.92 Å². The minimum absolute atomic E-state index is 0.245. The molecular formula is C9H11F3O2S. The maximum atomic E-state index is 11.8. The average molecular weight is 240 g/mol. The van der Waals surface area contributed by atoms with Crippen LogP contribution in [0.2, 0.25) is 0 Å². The van der Waals surface area contributed by atoms with Crippen LogP contribution in [0.4, 0.5) is 13.2 Å². The Morgan fingerprint density at radius 1 is 1.20 bits per heavy atom. The van der Waals surface area contributed by atoms with Crippen LogP contribution in [-0.2, 0) is 9.84 Å². The zero-order valence-electron chi connectivity index (χ0n) is 7.97. The molecule has 6 heteroatoms. The van der Waals surface area contributed by atoms with Crippen LogP contribution in [0, 0.1) is 17.1 Å². The quantitative estimate of drug-likeness (QED) is 0.521. The number of sulfone groups is 1. The number of hydrogen-bond acceptors (Lipinski definition) is 2. The molecule has 0 aromatic rings. The highest BCUT2D eigenvalue weighted by atomic mass is 32.2. The smallest absolute Gasteiger partial charge is 0.206 e. The molecule has 0 heterocycles. The van der Waals surface area contributed by atoms with Crippen molar-refractivity contribution < 1.29 is 21.6 Å². The van der Waals surface area contributed by atoms with Crippen molar-refractivity contribution in [1.82, 2.24) is 0 Å². The van der Waals surface area contributed by atoms with Gasteiger partial charge in [-0.05, 0) is 18.8 Å². The van der Waals surface area contributed by atoms with Crippen molar-refractivity contribution in [2.75, 3.05) is 0 Å². The van der Waals surface area contributed by atoms with Crippen LogP contribution in [-0.4, -0.2) is 13.9 Å². The zero-order valence-corrected chi connectivity index (χ0v) is 8.79. The van der Waals surface area contributed by atoms with Gasteiger partial charge in [0.1, 0.15) is 0 Å². The topological polar surface area (TPSA) is 34.1 Å². The summed E-state index contributed by atoms with van der Waals surface area (Å²) in [6.07, 6.45) is 4.22. The van der Waals surface area contributed by atoms with E-state index in [1.54, 1.807) is 0 Å². The Labute approximate surface area is 86.8 Å². The van der Waals surface area contributed by atoms with Crippen molar-refractivity contribution in [2.45, 2.75) is 37.6 Å². The standard InChI is InChI=1S/C9H11F3O2S/c10-9(11,12)15(13,14)7-3-6-8-4-1-2-5-8/h8H,1-2,4-6H2. The summed E-state index contributed by atoms with van der Waals surface area (Å²) in [7, 11) is -5.25. The first-order chi connectivity index (χ1) is 6.83. The first kappa shape index (κ1) is 12.4. The molecule has 0 atom stereocenters. The monoisotopic (exact) mass is 240 g/mol. The van der Waals surface area contributed by atoms with E-state index in [0.29, 0.717) is 0 Å². The molecule has 1 fully saturated rings. The molecule has 0 N–H and O–H groups in total. The first-order valence-corrected chi connectivity index (χ1v) is 6.12.